The Bertz CT molecular complexity index is 1150. The monoisotopic (exact) mass is 542 g/mol. The molecule has 0 amide bonds. The van der Waals surface area contributed by atoms with Gasteiger partial charge in [-0.1, -0.05) is 33.3 Å². The Balaban J connectivity index is 1.14. The van der Waals surface area contributed by atoms with E-state index < -0.39 is 23.4 Å². The van der Waals surface area contributed by atoms with E-state index in [0.29, 0.717) is 42.0 Å². The number of carbonyl (C=O) groups excluding carboxylic acids is 2. The van der Waals surface area contributed by atoms with Crippen molar-refractivity contribution >= 4 is 11.8 Å². The van der Waals surface area contributed by atoms with Gasteiger partial charge in [0.15, 0.2) is 6.29 Å². The molecule has 14 unspecified atom stereocenters. The zero-order chi connectivity index (χ0) is 27.9. The molecular formula is C32H46O7. The third kappa shape index (κ3) is 2.94. The molecule has 2 aliphatic heterocycles. The average molecular weight is 543 g/mol. The predicted octanol–water partition coefficient (Wildman–Crippen LogP) is 4.19. The Morgan fingerprint density at radius 2 is 1.85 bits per heavy atom. The lowest BCUT2D eigenvalue weighted by atomic mass is 9.48. The molecule has 7 heteroatoms. The maximum absolute atomic E-state index is 13.9. The van der Waals surface area contributed by atoms with E-state index >= 15 is 0 Å². The van der Waals surface area contributed by atoms with Gasteiger partial charge in [-0.15, -0.1) is 0 Å². The number of ketones is 1. The number of fused-ring (bicyclic) bond motifs is 2. The number of cyclic esters (lactones) is 1. The van der Waals surface area contributed by atoms with Crippen LogP contribution in [0.15, 0.2) is 11.1 Å². The van der Waals surface area contributed by atoms with Gasteiger partial charge in [-0.2, -0.15) is 0 Å². The van der Waals surface area contributed by atoms with Crippen molar-refractivity contribution in [1.82, 2.24) is 0 Å². The van der Waals surface area contributed by atoms with Crippen LogP contribution in [0.1, 0.15) is 86.5 Å². The molecule has 7 rings (SSSR count). The van der Waals surface area contributed by atoms with Crippen molar-refractivity contribution < 1.29 is 34.0 Å². The number of hydrogen-bond donors (Lipinski definition) is 2. The number of epoxide rings is 1. The lowest BCUT2D eigenvalue weighted by molar-refractivity contribution is -0.155. The molecule has 0 bridgehead atoms. The summed E-state index contributed by atoms with van der Waals surface area (Å²) in [6.07, 6.45) is 4.93. The third-order valence-corrected chi connectivity index (χ3v) is 13.8. The fraction of sp³-hybridized carbons (Fsp3) is 0.875. The number of ether oxygens (including phenoxy) is 3. The van der Waals surface area contributed by atoms with Crippen LogP contribution in [0, 0.1) is 51.8 Å². The van der Waals surface area contributed by atoms with Crippen molar-refractivity contribution in [3.63, 3.8) is 0 Å². The maximum Gasteiger partial charge on any atom is 0.336 e. The second kappa shape index (κ2) is 8.17. The van der Waals surface area contributed by atoms with Gasteiger partial charge in [0.25, 0.3) is 0 Å². The molecule has 2 N–H and O–H groups in total. The highest BCUT2D eigenvalue weighted by molar-refractivity contribution is 5.94. The molecule has 1 saturated heterocycles. The number of Topliss-reactive ketones (excluding diaryl/α,β-unsaturated/α-hetero) is 1. The standard InChI is InChI=1S/C32H46O7/c1-15-11-24(38-28(36)20(15)14-37-19(5)33)17(3)21-7-8-22-23-13-26-32(39-26)27(35)16(2)12-25(34)31(32)18(4)30(23,31)10-9-29(21,22)6/h16-19,21-24,26-27,33,35H,7-14H2,1-6H3. The fourth-order valence-electron chi connectivity index (χ4n) is 12.1. The molecule has 3 spiro atoms. The normalized spacial score (nSPS) is 55.0. The summed E-state index contributed by atoms with van der Waals surface area (Å²) in [5.74, 6) is 1.94. The molecule has 5 saturated carbocycles. The van der Waals surface area contributed by atoms with Crippen LogP contribution in [0.3, 0.4) is 0 Å². The Morgan fingerprint density at radius 3 is 2.54 bits per heavy atom. The molecule has 0 aromatic carbocycles. The van der Waals surface area contributed by atoms with Gasteiger partial charge in [-0.25, -0.2) is 4.79 Å². The Morgan fingerprint density at radius 1 is 1.10 bits per heavy atom. The number of esters is 1. The molecular weight excluding hydrogens is 496 g/mol. The van der Waals surface area contributed by atoms with E-state index in [-0.39, 0.29) is 53.4 Å². The molecule has 7 aliphatic rings. The topological polar surface area (TPSA) is 106 Å². The van der Waals surface area contributed by atoms with Crippen LogP contribution in [-0.4, -0.2) is 58.8 Å². The summed E-state index contributed by atoms with van der Waals surface area (Å²) in [7, 11) is 0. The SMILES string of the molecule is CC1=C(COC(C)O)C(=O)OC(C(C)C2CCC3C4CC5OC56C(O)C(C)CC(=O)C65C(C)C45CCC23C)C1. The van der Waals surface area contributed by atoms with E-state index in [1.165, 1.54) is 0 Å². The first-order valence-corrected chi connectivity index (χ1v) is 15.5. The highest BCUT2D eigenvalue weighted by Gasteiger charge is 2.98. The van der Waals surface area contributed by atoms with Gasteiger partial charge in [-0.3, -0.25) is 4.79 Å². The number of hydrogen-bond acceptors (Lipinski definition) is 7. The molecule has 0 aromatic rings. The Hall–Kier alpha value is -1.28. The number of rotatable bonds is 5. The molecule has 216 valence electrons. The van der Waals surface area contributed by atoms with Gasteiger partial charge in [0.2, 0.25) is 0 Å². The minimum Gasteiger partial charge on any atom is -0.458 e. The van der Waals surface area contributed by atoms with Crippen molar-refractivity contribution in [3.05, 3.63) is 11.1 Å². The molecule has 5 aliphatic carbocycles. The first-order valence-electron chi connectivity index (χ1n) is 15.5. The van der Waals surface area contributed by atoms with E-state index in [4.69, 9.17) is 14.2 Å². The van der Waals surface area contributed by atoms with Crippen LogP contribution in [-0.2, 0) is 23.8 Å². The quantitative estimate of drug-likeness (QED) is 0.305. The molecule has 0 radical (unpaired) electrons. The average Bonchev–Trinajstić information content (AvgIpc) is 3.68. The summed E-state index contributed by atoms with van der Waals surface area (Å²) >= 11 is 0. The lowest BCUT2D eigenvalue weighted by Gasteiger charge is -2.55. The number of aliphatic hydroxyl groups is 2. The highest BCUT2D eigenvalue weighted by Crippen LogP contribution is 2.92. The van der Waals surface area contributed by atoms with Gasteiger partial charge < -0.3 is 24.4 Å². The fourth-order valence-corrected chi connectivity index (χ4v) is 12.1. The Kier molecular flexibility index (Phi) is 5.58. The van der Waals surface area contributed by atoms with Crippen LogP contribution in [0.2, 0.25) is 0 Å². The van der Waals surface area contributed by atoms with Gasteiger partial charge in [0.05, 0.1) is 29.8 Å². The summed E-state index contributed by atoms with van der Waals surface area (Å²) in [6, 6.07) is 0. The minimum atomic E-state index is -0.922. The van der Waals surface area contributed by atoms with E-state index in [1.807, 2.05) is 13.8 Å². The summed E-state index contributed by atoms with van der Waals surface area (Å²) in [5, 5.41) is 20.8. The van der Waals surface area contributed by atoms with Crippen molar-refractivity contribution in [2.24, 2.45) is 51.8 Å². The van der Waals surface area contributed by atoms with E-state index in [2.05, 4.69) is 20.8 Å². The van der Waals surface area contributed by atoms with Crippen molar-refractivity contribution in [1.29, 1.82) is 0 Å². The smallest absolute Gasteiger partial charge is 0.336 e. The van der Waals surface area contributed by atoms with Crippen LogP contribution in [0.4, 0.5) is 0 Å². The van der Waals surface area contributed by atoms with E-state index in [9.17, 15) is 19.8 Å². The molecule has 0 aromatic heterocycles. The second-order valence-electron chi connectivity index (χ2n) is 14.8. The summed E-state index contributed by atoms with van der Waals surface area (Å²) in [4.78, 5) is 26.8. The van der Waals surface area contributed by atoms with Crippen molar-refractivity contribution in [2.45, 2.75) is 117 Å². The van der Waals surface area contributed by atoms with E-state index in [0.717, 1.165) is 37.7 Å². The molecule has 6 fully saturated rings. The Labute approximate surface area is 232 Å². The molecule has 2 heterocycles. The van der Waals surface area contributed by atoms with Crippen molar-refractivity contribution in [2.75, 3.05) is 6.61 Å². The number of aliphatic hydroxyl groups excluding tert-OH is 2. The van der Waals surface area contributed by atoms with Crippen LogP contribution in [0.5, 0.6) is 0 Å². The number of carbonyl (C=O) groups is 2. The first-order chi connectivity index (χ1) is 18.4. The van der Waals surface area contributed by atoms with Gasteiger partial charge in [0.1, 0.15) is 17.5 Å². The molecule has 39 heavy (non-hydrogen) atoms. The first kappa shape index (κ1) is 26.6. The maximum atomic E-state index is 13.9. The summed E-state index contributed by atoms with van der Waals surface area (Å²) in [5.41, 5.74) is 0.513. The zero-order valence-corrected chi connectivity index (χ0v) is 24.4. The predicted molar refractivity (Wildman–Crippen MR) is 142 cm³/mol. The van der Waals surface area contributed by atoms with Crippen LogP contribution < -0.4 is 0 Å². The summed E-state index contributed by atoms with van der Waals surface area (Å²) < 4.78 is 17.8. The largest absolute Gasteiger partial charge is 0.458 e. The second-order valence-corrected chi connectivity index (χ2v) is 14.8. The van der Waals surface area contributed by atoms with Crippen molar-refractivity contribution in [3.8, 4) is 0 Å². The molecule has 7 nitrogen and oxygen atoms in total. The highest BCUT2D eigenvalue weighted by atomic mass is 16.6. The summed E-state index contributed by atoms with van der Waals surface area (Å²) in [6.45, 7) is 12.6. The van der Waals surface area contributed by atoms with Crippen LogP contribution >= 0.6 is 0 Å². The van der Waals surface area contributed by atoms with Gasteiger partial charge >= 0.3 is 5.97 Å². The minimum absolute atomic E-state index is 0.00969. The third-order valence-electron chi connectivity index (χ3n) is 13.8. The molecule has 14 atom stereocenters. The van der Waals surface area contributed by atoms with Crippen LogP contribution in [0.25, 0.3) is 0 Å². The lowest BCUT2D eigenvalue weighted by Crippen LogP contribution is -2.60. The van der Waals surface area contributed by atoms with Gasteiger partial charge in [0, 0.05) is 12.8 Å². The zero-order valence-electron chi connectivity index (χ0n) is 24.4. The van der Waals surface area contributed by atoms with E-state index in [1.54, 1.807) is 6.92 Å². The van der Waals surface area contributed by atoms with Gasteiger partial charge in [-0.05, 0) is 92.3 Å².